The lowest BCUT2D eigenvalue weighted by Crippen LogP contribution is -2.15. The molecular weight excluding hydrogens is 402 g/mol. The first-order valence-corrected chi connectivity index (χ1v) is 11.0. The summed E-state index contributed by atoms with van der Waals surface area (Å²) in [6, 6.07) is 21.6. The number of para-hydroxylation sites is 1. The Balaban J connectivity index is 1.74. The zero-order chi connectivity index (χ0) is 21.3. The Bertz CT molecular complexity index is 1320. The predicted molar refractivity (Wildman–Crippen MR) is 114 cm³/mol. The standard InChI is InChI=1S/C22H19N3O4S/c1-15-8-6-7-11-18(15)25-20(14-17(24-25)16-9-4-3-5-10-16)23-22(26)19-12-13-21(29-19)30(2,27)28/h3-14H,1-2H3,(H,23,26). The van der Waals surface area contributed by atoms with E-state index in [0.29, 0.717) is 11.5 Å². The molecule has 4 aromatic rings. The second kappa shape index (κ2) is 7.64. The molecule has 1 amide bonds. The van der Waals surface area contributed by atoms with E-state index in [1.54, 1.807) is 10.7 Å². The molecule has 4 rings (SSSR count). The molecule has 0 unspecified atom stereocenters. The molecule has 30 heavy (non-hydrogen) atoms. The number of anilines is 1. The average molecular weight is 421 g/mol. The van der Waals surface area contributed by atoms with E-state index >= 15 is 0 Å². The van der Waals surface area contributed by atoms with Gasteiger partial charge in [-0.1, -0.05) is 48.5 Å². The van der Waals surface area contributed by atoms with Gasteiger partial charge in [0.15, 0.2) is 5.76 Å². The third-order valence-corrected chi connectivity index (χ3v) is 5.49. The van der Waals surface area contributed by atoms with Gasteiger partial charge in [0.2, 0.25) is 14.9 Å². The highest BCUT2D eigenvalue weighted by molar-refractivity contribution is 7.90. The van der Waals surface area contributed by atoms with Gasteiger partial charge >= 0.3 is 0 Å². The van der Waals surface area contributed by atoms with Crippen LogP contribution in [0.25, 0.3) is 16.9 Å². The van der Waals surface area contributed by atoms with Gasteiger partial charge in [0.1, 0.15) is 5.82 Å². The smallest absolute Gasteiger partial charge is 0.292 e. The molecule has 8 heteroatoms. The summed E-state index contributed by atoms with van der Waals surface area (Å²) in [4.78, 5) is 12.7. The van der Waals surface area contributed by atoms with Crippen LogP contribution < -0.4 is 5.32 Å². The Hall–Kier alpha value is -3.65. The van der Waals surface area contributed by atoms with Gasteiger partial charge in [0.25, 0.3) is 5.91 Å². The second-order valence-corrected chi connectivity index (χ2v) is 8.77. The van der Waals surface area contributed by atoms with Crippen LogP contribution in [0.3, 0.4) is 0 Å². The van der Waals surface area contributed by atoms with E-state index in [2.05, 4.69) is 10.4 Å². The summed E-state index contributed by atoms with van der Waals surface area (Å²) in [5.74, 6) is -0.237. The van der Waals surface area contributed by atoms with E-state index in [4.69, 9.17) is 4.42 Å². The minimum absolute atomic E-state index is 0.103. The molecule has 7 nitrogen and oxygen atoms in total. The van der Waals surface area contributed by atoms with Crippen LogP contribution in [0.1, 0.15) is 16.1 Å². The van der Waals surface area contributed by atoms with Crippen LogP contribution >= 0.6 is 0 Å². The van der Waals surface area contributed by atoms with Gasteiger partial charge in [0, 0.05) is 17.9 Å². The van der Waals surface area contributed by atoms with E-state index in [9.17, 15) is 13.2 Å². The summed E-state index contributed by atoms with van der Waals surface area (Å²) in [6.07, 6.45) is 1.02. The molecule has 0 radical (unpaired) electrons. The van der Waals surface area contributed by atoms with Gasteiger partial charge < -0.3 is 9.73 Å². The van der Waals surface area contributed by atoms with Crippen molar-refractivity contribution in [3.05, 3.63) is 84.1 Å². The van der Waals surface area contributed by atoms with Crippen molar-refractivity contribution in [3.63, 3.8) is 0 Å². The summed E-state index contributed by atoms with van der Waals surface area (Å²) >= 11 is 0. The zero-order valence-electron chi connectivity index (χ0n) is 16.4. The molecule has 0 saturated heterocycles. The number of hydrogen-bond acceptors (Lipinski definition) is 5. The highest BCUT2D eigenvalue weighted by Gasteiger charge is 2.20. The first kappa shape index (κ1) is 19.7. The fourth-order valence-electron chi connectivity index (χ4n) is 3.02. The minimum Gasteiger partial charge on any atom is -0.440 e. The maximum atomic E-state index is 12.7. The van der Waals surface area contributed by atoms with E-state index in [0.717, 1.165) is 23.1 Å². The van der Waals surface area contributed by atoms with E-state index in [1.165, 1.54) is 12.1 Å². The number of amides is 1. The molecular formula is C22H19N3O4S. The highest BCUT2D eigenvalue weighted by atomic mass is 32.2. The van der Waals surface area contributed by atoms with Crippen LogP contribution in [0.15, 0.2) is 82.3 Å². The molecule has 2 aromatic carbocycles. The Morgan fingerprint density at radius 3 is 2.37 bits per heavy atom. The predicted octanol–water partition coefficient (Wildman–Crippen LogP) is 4.10. The quantitative estimate of drug-likeness (QED) is 0.524. The summed E-state index contributed by atoms with van der Waals surface area (Å²) < 4.78 is 30.1. The van der Waals surface area contributed by atoms with E-state index in [1.807, 2.05) is 61.5 Å². The number of benzene rings is 2. The highest BCUT2D eigenvalue weighted by Crippen LogP contribution is 2.27. The number of nitrogens with one attached hydrogen (secondary N) is 1. The van der Waals surface area contributed by atoms with Crippen LogP contribution in [0.5, 0.6) is 0 Å². The Kier molecular flexibility index (Phi) is 5.01. The molecule has 0 bridgehead atoms. The fraction of sp³-hybridized carbons (Fsp3) is 0.0909. The molecule has 0 saturated carbocycles. The number of aryl methyl sites for hydroxylation is 1. The van der Waals surface area contributed by atoms with Gasteiger partial charge in [-0.25, -0.2) is 13.1 Å². The lowest BCUT2D eigenvalue weighted by molar-refractivity contribution is 0.0991. The van der Waals surface area contributed by atoms with Crippen molar-refractivity contribution in [3.8, 4) is 16.9 Å². The summed E-state index contributed by atoms with van der Waals surface area (Å²) in [6.45, 7) is 1.95. The van der Waals surface area contributed by atoms with Crippen LogP contribution in [0.4, 0.5) is 5.82 Å². The number of sulfone groups is 1. The Morgan fingerprint density at radius 1 is 1.00 bits per heavy atom. The maximum absolute atomic E-state index is 12.7. The molecule has 0 aliphatic rings. The van der Waals surface area contributed by atoms with Crippen molar-refractivity contribution in [2.24, 2.45) is 0 Å². The zero-order valence-corrected chi connectivity index (χ0v) is 17.2. The first-order chi connectivity index (χ1) is 14.3. The van der Waals surface area contributed by atoms with Crippen LogP contribution in [0, 0.1) is 6.92 Å². The number of nitrogens with zero attached hydrogens (tertiary/aromatic N) is 2. The van der Waals surface area contributed by atoms with Gasteiger partial charge in [-0.2, -0.15) is 5.10 Å². The molecule has 0 fully saturated rings. The number of carbonyl (C=O) groups is 1. The van der Waals surface area contributed by atoms with Crippen molar-refractivity contribution in [2.45, 2.75) is 12.0 Å². The number of aromatic nitrogens is 2. The van der Waals surface area contributed by atoms with E-state index in [-0.39, 0.29) is 10.9 Å². The first-order valence-electron chi connectivity index (χ1n) is 9.15. The summed E-state index contributed by atoms with van der Waals surface area (Å²) in [5, 5.41) is 7.20. The van der Waals surface area contributed by atoms with Crippen molar-refractivity contribution in [1.82, 2.24) is 9.78 Å². The van der Waals surface area contributed by atoms with Crippen molar-refractivity contribution >= 4 is 21.6 Å². The van der Waals surface area contributed by atoms with Gasteiger partial charge in [-0.3, -0.25) is 4.79 Å². The SMILES string of the molecule is Cc1ccccc1-n1nc(-c2ccccc2)cc1NC(=O)c1ccc(S(C)(=O)=O)o1. The van der Waals surface area contributed by atoms with Gasteiger partial charge in [-0.05, 0) is 30.7 Å². The molecule has 1 N–H and O–H groups in total. The Morgan fingerprint density at radius 2 is 1.70 bits per heavy atom. The summed E-state index contributed by atoms with van der Waals surface area (Å²) in [7, 11) is -3.54. The topological polar surface area (TPSA) is 94.2 Å². The van der Waals surface area contributed by atoms with Crippen LogP contribution in [-0.4, -0.2) is 30.4 Å². The van der Waals surface area contributed by atoms with Crippen molar-refractivity contribution < 1.29 is 17.6 Å². The molecule has 0 aliphatic carbocycles. The molecule has 0 atom stereocenters. The monoisotopic (exact) mass is 421 g/mol. The molecule has 2 heterocycles. The largest absolute Gasteiger partial charge is 0.440 e. The molecule has 2 aromatic heterocycles. The van der Waals surface area contributed by atoms with Crippen molar-refractivity contribution in [1.29, 1.82) is 0 Å². The molecule has 0 aliphatic heterocycles. The van der Waals surface area contributed by atoms with Crippen molar-refractivity contribution in [2.75, 3.05) is 11.6 Å². The lowest BCUT2D eigenvalue weighted by Gasteiger charge is -2.10. The van der Waals surface area contributed by atoms with Gasteiger partial charge in [-0.15, -0.1) is 0 Å². The van der Waals surface area contributed by atoms with E-state index < -0.39 is 15.7 Å². The summed E-state index contributed by atoms with van der Waals surface area (Å²) in [5.41, 5.74) is 3.38. The second-order valence-electron chi connectivity index (χ2n) is 6.82. The normalized spacial score (nSPS) is 11.4. The van der Waals surface area contributed by atoms with Crippen LogP contribution in [-0.2, 0) is 9.84 Å². The molecule has 152 valence electrons. The maximum Gasteiger partial charge on any atom is 0.292 e. The minimum atomic E-state index is -3.54. The average Bonchev–Trinajstić information content (AvgIpc) is 3.37. The number of rotatable bonds is 5. The van der Waals surface area contributed by atoms with Gasteiger partial charge in [0.05, 0.1) is 11.4 Å². The Labute approximate surface area is 173 Å². The molecule has 0 spiro atoms. The third kappa shape index (κ3) is 3.90. The fourth-order valence-corrected chi connectivity index (χ4v) is 3.58. The number of hydrogen-bond donors (Lipinski definition) is 1. The van der Waals surface area contributed by atoms with Crippen LogP contribution in [0.2, 0.25) is 0 Å². The lowest BCUT2D eigenvalue weighted by atomic mass is 10.1. The number of furan rings is 1. The third-order valence-electron chi connectivity index (χ3n) is 4.53. The number of carbonyl (C=O) groups excluding carboxylic acids is 1.